The van der Waals surface area contributed by atoms with Crippen LogP contribution in [0.15, 0.2) is 104 Å². The molecule has 12 nitrogen and oxygen atoms in total. The molecule has 0 unspecified atom stereocenters. The summed E-state index contributed by atoms with van der Waals surface area (Å²) in [5, 5.41) is 0. The minimum atomic E-state index is 0.923. The average molecular weight is 745 g/mol. The summed E-state index contributed by atoms with van der Waals surface area (Å²) in [5.74, 6) is 3.77. The molecule has 2 aromatic rings. The lowest BCUT2D eigenvalue weighted by Gasteiger charge is -2.40. The average Bonchev–Trinajstić information content (AvgIpc) is 3.91. The van der Waals surface area contributed by atoms with Crippen LogP contribution in [-0.2, 0) is 0 Å². The SMILES string of the molecule is CCCN1CC(C)=C(C)C2=C1N1CN(C)C=C1C=N2.CCCN1CC(C)=C(C)c2ncc3cncn3c21.CCCN1CC=C(C)C2=C1N1CN(C)C=C1C=N2. The van der Waals surface area contributed by atoms with Crippen LogP contribution >= 0.6 is 0 Å². The highest BCUT2D eigenvalue weighted by Gasteiger charge is 2.34. The number of anilines is 1. The van der Waals surface area contributed by atoms with Crippen LogP contribution < -0.4 is 4.90 Å². The molecule has 55 heavy (non-hydrogen) atoms. The zero-order chi connectivity index (χ0) is 39.0. The van der Waals surface area contributed by atoms with E-state index in [9.17, 15) is 0 Å². The fraction of sp³-hybridized carbons (Fsp3) is 0.488. The van der Waals surface area contributed by atoms with E-state index in [2.05, 4.69) is 142 Å². The third-order valence-electron chi connectivity index (χ3n) is 11.3. The molecule has 9 heterocycles. The Bertz CT molecular complexity index is 2100. The van der Waals surface area contributed by atoms with Gasteiger partial charge < -0.3 is 34.3 Å². The Morgan fingerprint density at radius 3 is 1.87 bits per heavy atom. The second-order valence-electron chi connectivity index (χ2n) is 15.7. The Labute approximate surface area is 328 Å². The van der Waals surface area contributed by atoms with E-state index in [0.717, 1.165) is 94.5 Å². The number of imidazole rings is 1. The van der Waals surface area contributed by atoms with E-state index in [-0.39, 0.29) is 0 Å². The Morgan fingerprint density at radius 2 is 1.22 bits per heavy atom. The number of rotatable bonds is 6. The van der Waals surface area contributed by atoms with Gasteiger partial charge in [-0.15, -0.1) is 0 Å². The summed E-state index contributed by atoms with van der Waals surface area (Å²) in [5.41, 5.74) is 13.6. The van der Waals surface area contributed by atoms with Crippen molar-refractivity contribution >= 4 is 29.3 Å². The molecular weight excluding hydrogens is 685 g/mol. The molecule has 0 aliphatic carbocycles. The molecule has 0 fully saturated rings. The monoisotopic (exact) mass is 745 g/mol. The predicted molar refractivity (Wildman–Crippen MR) is 226 cm³/mol. The second-order valence-corrected chi connectivity index (χ2v) is 15.7. The summed E-state index contributed by atoms with van der Waals surface area (Å²) in [7, 11) is 4.22. The highest BCUT2D eigenvalue weighted by molar-refractivity contribution is 5.83. The van der Waals surface area contributed by atoms with Gasteiger partial charge in [-0.25, -0.2) is 4.98 Å². The molecule has 0 atom stereocenters. The van der Waals surface area contributed by atoms with Crippen LogP contribution in [0.5, 0.6) is 0 Å². The van der Waals surface area contributed by atoms with Crippen LogP contribution in [0.1, 0.15) is 80.3 Å². The maximum absolute atomic E-state index is 4.71. The number of aromatic nitrogens is 3. The van der Waals surface area contributed by atoms with Gasteiger partial charge in [0, 0.05) is 65.8 Å². The summed E-state index contributed by atoms with van der Waals surface area (Å²) in [4.78, 5) is 34.7. The van der Waals surface area contributed by atoms with E-state index in [1.165, 1.54) is 56.7 Å². The second kappa shape index (κ2) is 15.8. The molecule has 0 N–H and O–H groups in total. The first-order valence-electron chi connectivity index (χ1n) is 20.1. The van der Waals surface area contributed by atoms with E-state index in [0.29, 0.717) is 0 Å². The van der Waals surface area contributed by atoms with Gasteiger partial charge in [-0.05, 0) is 81.7 Å². The van der Waals surface area contributed by atoms with Crippen molar-refractivity contribution in [2.45, 2.75) is 74.7 Å². The number of hydrogen-bond donors (Lipinski definition) is 0. The van der Waals surface area contributed by atoms with Crippen molar-refractivity contribution in [2.75, 3.05) is 71.6 Å². The molecule has 0 saturated carbocycles. The normalized spacial score (nSPS) is 19.9. The van der Waals surface area contributed by atoms with Gasteiger partial charge in [0.05, 0.1) is 55.1 Å². The standard InChI is InChI=1S/C15H22N4.C14H20N4.C14H18N4/c1-5-6-18-8-11(2)12(3)14-15(18)19-10-17(4)9-13(19)7-16-14;1-4-6-17-7-5-11(2)13-14(17)18-10-16(3)9-12(18)8-15-13;1-4-5-17-8-10(2)11(3)13-14(17)18-9-15-6-12(18)7-16-13/h7,9H,5-6,8,10H2,1-4H3;5,8-9H,4,6-7,10H2,1-3H3;6-7,9H,4-5,8H2,1-3H3. The zero-order valence-electron chi connectivity index (χ0n) is 34.8. The van der Waals surface area contributed by atoms with Gasteiger partial charge in [-0.2, -0.15) is 0 Å². The molecule has 0 amide bonds. The van der Waals surface area contributed by atoms with Crippen LogP contribution in [-0.4, -0.2) is 123 Å². The van der Waals surface area contributed by atoms with Crippen molar-refractivity contribution in [3.63, 3.8) is 0 Å². The quantitative estimate of drug-likeness (QED) is 0.309. The summed E-state index contributed by atoms with van der Waals surface area (Å²) < 4.78 is 2.15. The zero-order valence-corrected chi connectivity index (χ0v) is 34.8. The maximum atomic E-state index is 4.71. The first-order valence-corrected chi connectivity index (χ1v) is 20.1. The van der Waals surface area contributed by atoms with Crippen LogP contribution in [0, 0.1) is 0 Å². The van der Waals surface area contributed by atoms with E-state index in [4.69, 9.17) is 4.99 Å². The Kier molecular flexibility index (Phi) is 11.0. The Balaban J connectivity index is 0.000000127. The van der Waals surface area contributed by atoms with E-state index >= 15 is 0 Å². The molecule has 12 heteroatoms. The fourth-order valence-corrected chi connectivity index (χ4v) is 8.30. The fourth-order valence-electron chi connectivity index (χ4n) is 8.30. The van der Waals surface area contributed by atoms with Crippen LogP contribution in [0.3, 0.4) is 0 Å². The summed E-state index contributed by atoms with van der Waals surface area (Å²) in [6, 6.07) is 0. The predicted octanol–water partition coefficient (Wildman–Crippen LogP) is 7.06. The molecule has 0 spiro atoms. The summed E-state index contributed by atoms with van der Waals surface area (Å²) in [6.45, 7) is 25.7. The van der Waals surface area contributed by atoms with E-state index in [1.807, 2.05) is 31.2 Å². The molecule has 9 rings (SSSR count). The van der Waals surface area contributed by atoms with Crippen LogP contribution in [0.25, 0.3) is 11.1 Å². The van der Waals surface area contributed by atoms with Crippen molar-refractivity contribution in [3.8, 4) is 0 Å². The highest BCUT2D eigenvalue weighted by atomic mass is 15.5. The molecule has 0 saturated heterocycles. The third kappa shape index (κ3) is 7.18. The third-order valence-corrected chi connectivity index (χ3v) is 11.3. The topological polar surface area (TPSA) is 77.6 Å². The molecule has 2 aromatic heterocycles. The smallest absolute Gasteiger partial charge is 0.141 e. The van der Waals surface area contributed by atoms with Crippen LogP contribution in [0.2, 0.25) is 0 Å². The maximum Gasteiger partial charge on any atom is 0.141 e. The number of allylic oxidation sites excluding steroid dienone is 5. The van der Waals surface area contributed by atoms with Crippen molar-refractivity contribution in [1.82, 2.24) is 43.8 Å². The largest absolute Gasteiger partial charge is 0.361 e. The molecule has 0 aromatic carbocycles. The summed E-state index contributed by atoms with van der Waals surface area (Å²) >= 11 is 0. The van der Waals surface area contributed by atoms with Crippen LogP contribution in [0.4, 0.5) is 5.82 Å². The van der Waals surface area contributed by atoms with Crippen molar-refractivity contribution in [1.29, 1.82) is 0 Å². The van der Waals surface area contributed by atoms with E-state index < -0.39 is 0 Å². The van der Waals surface area contributed by atoms with Crippen molar-refractivity contribution in [2.24, 2.45) is 9.98 Å². The van der Waals surface area contributed by atoms with Gasteiger partial charge in [0.25, 0.3) is 0 Å². The Hall–Kier alpha value is -5.26. The number of fused-ring (bicyclic) bond motifs is 7. The molecule has 0 radical (unpaired) electrons. The molecular formula is C43H60N12. The molecule has 7 aliphatic rings. The first kappa shape index (κ1) is 38.0. The molecule has 0 bridgehead atoms. The van der Waals surface area contributed by atoms with Gasteiger partial charge >= 0.3 is 0 Å². The minimum Gasteiger partial charge on any atom is -0.361 e. The van der Waals surface area contributed by atoms with Gasteiger partial charge in [-0.1, -0.05) is 26.8 Å². The lowest BCUT2D eigenvalue weighted by molar-refractivity contribution is 0.224. The van der Waals surface area contributed by atoms with Gasteiger partial charge in [0.15, 0.2) is 0 Å². The Morgan fingerprint density at radius 1 is 0.655 bits per heavy atom. The lowest BCUT2D eigenvalue weighted by atomic mass is 10.0. The molecule has 292 valence electrons. The summed E-state index contributed by atoms with van der Waals surface area (Å²) in [6.07, 6.45) is 19.7. The first-order chi connectivity index (χ1) is 26.5. The van der Waals surface area contributed by atoms with Crippen molar-refractivity contribution in [3.05, 3.63) is 99.6 Å². The van der Waals surface area contributed by atoms with Gasteiger partial charge in [-0.3, -0.25) is 19.4 Å². The minimum absolute atomic E-state index is 0.923. The van der Waals surface area contributed by atoms with E-state index in [1.54, 1.807) is 0 Å². The number of hydrogen-bond acceptors (Lipinski definition) is 11. The number of aliphatic imine (C=N–C) groups is 2. The molecule has 7 aliphatic heterocycles. The lowest BCUT2D eigenvalue weighted by Crippen LogP contribution is -2.41. The van der Waals surface area contributed by atoms with Gasteiger partial charge in [0.2, 0.25) is 0 Å². The van der Waals surface area contributed by atoms with Gasteiger partial charge in [0.1, 0.15) is 40.9 Å². The number of nitrogens with zero attached hydrogens (tertiary/aromatic N) is 12. The highest BCUT2D eigenvalue weighted by Crippen LogP contribution is 2.37. The van der Waals surface area contributed by atoms with Crippen molar-refractivity contribution < 1.29 is 0 Å².